The first-order chi connectivity index (χ1) is 10.4. The predicted molar refractivity (Wildman–Crippen MR) is 98.5 cm³/mol. The number of hydrogen-bond donors (Lipinski definition) is 1. The minimum atomic E-state index is -0.556. The highest BCUT2D eigenvalue weighted by molar-refractivity contribution is 14.1. The van der Waals surface area contributed by atoms with Crippen molar-refractivity contribution in [2.75, 3.05) is 5.32 Å². The van der Waals surface area contributed by atoms with Gasteiger partial charge in [0, 0.05) is 9.26 Å². The normalized spacial score (nSPS) is 11.9. The maximum Gasteiger partial charge on any atom is 0.265 e. The van der Waals surface area contributed by atoms with Crippen molar-refractivity contribution in [3.05, 3.63) is 56.7 Å². The average Bonchev–Trinajstić information content (AvgIpc) is 2.46. The Kier molecular flexibility index (Phi) is 5.45. The van der Waals surface area contributed by atoms with E-state index in [1.807, 2.05) is 57.2 Å². The number of rotatable bonds is 4. The third-order valence-electron chi connectivity index (χ3n) is 3.67. The summed E-state index contributed by atoms with van der Waals surface area (Å²) in [5, 5.41) is 2.92. The third kappa shape index (κ3) is 4.00. The van der Waals surface area contributed by atoms with Crippen LogP contribution in [-0.4, -0.2) is 12.0 Å². The number of halogens is 1. The highest BCUT2D eigenvalue weighted by Gasteiger charge is 2.17. The van der Waals surface area contributed by atoms with Gasteiger partial charge in [-0.15, -0.1) is 0 Å². The quantitative estimate of drug-likeness (QED) is 0.749. The van der Waals surface area contributed by atoms with Crippen LogP contribution in [0.2, 0.25) is 0 Å². The van der Waals surface area contributed by atoms with Crippen LogP contribution >= 0.6 is 22.6 Å². The molecule has 2 aromatic rings. The molecule has 0 aliphatic carbocycles. The topological polar surface area (TPSA) is 38.3 Å². The monoisotopic (exact) mass is 409 g/mol. The summed E-state index contributed by atoms with van der Waals surface area (Å²) in [7, 11) is 0. The zero-order valence-corrected chi connectivity index (χ0v) is 15.4. The van der Waals surface area contributed by atoms with Gasteiger partial charge in [0.1, 0.15) is 5.75 Å². The Hall–Kier alpha value is -1.56. The second-order valence-electron chi connectivity index (χ2n) is 5.41. The van der Waals surface area contributed by atoms with Crippen molar-refractivity contribution in [2.24, 2.45) is 0 Å². The molecule has 1 amide bonds. The molecule has 0 spiro atoms. The second-order valence-corrected chi connectivity index (χ2v) is 6.65. The van der Waals surface area contributed by atoms with E-state index in [4.69, 9.17) is 4.74 Å². The van der Waals surface area contributed by atoms with Gasteiger partial charge in [-0.05, 0) is 91.2 Å². The third-order valence-corrected chi connectivity index (χ3v) is 4.35. The molecule has 0 heterocycles. The Bertz CT molecular complexity index is 697. The van der Waals surface area contributed by atoms with Crippen LogP contribution < -0.4 is 10.1 Å². The average molecular weight is 409 g/mol. The highest BCUT2D eigenvalue weighted by atomic mass is 127. The summed E-state index contributed by atoms with van der Waals surface area (Å²) in [6.07, 6.45) is -0.556. The molecule has 1 N–H and O–H groups in total. The molecule has 2 aromatic carbocycles. The Balaban J connectivity index is 2.07. The van der Waals surface area contributed by atoms with E-state index in [2.05, 4.69) is 27.9 Å². The minimum absolute atomic E-state index is 0.148. The number of ether oxygens (including phenoxy) is 1. The van der Waals surface area contributed by atoms with Gasteiger partial charge < -0.3 is 10.1 Å². The molecule has 0 aromatic heterocycles. The molecular formula is C18H20INO2. The van der Waals surface area contributed by atoms with Crippen molar-refractivity contribution >= 4 is 34.2 Å². The molecule has 0 fully saturated rings. The summed E-state index contributed by atoms with van der Waals surface area (Å²) in [6.45, 7) is 7.77. The fourth-order valence-electron chi connectivity index (χ4n) is 2.10. The van der Waals surface area contributed by atoms with Crippen LogP contribution in [0.1, 0.15) is 23.6 Å². The predicted octanol–water partition coefficient (Wildman–Crippen LogP) is 4.62. The van der Waals surface area contributed by atoms with Crippen molar-refractivity contribution in [3.63, 3.8) is 0 Å². The van der Waals surface area contributed by atoms with E-state index >= 15 is 0 Å². The van der Waals surface area contributed by atoms with Crippen molar-refractivity contribution < 1.29 is 9.53 Å². The standard InChI is InChI=1S/C18H20INO2/c1-11-6-5-7-17(13(11)3)22-14(4)18(21)20-16-9-8-15(19)10-12(16)2/h5-10,14H,1-4H3,(H,20,21)/t14-/m0/s1. The van der Waals surface area contributed by atoms with Gasteiger partial charge >= 0.3 is 0 Å². The molecule has 0 aliphatic rings. The SMILES string of the molecule is Cc1cc(I)ccc1NC(=O)[C@H](C)Oc1cccc(C)c1C. The molecule has 0 aliphatic heterocycles. The van der Waals surface area contributed by atoms with Gasteiger partial charge in [-0.25, -0.2) is 0 Å². The maximum absolute atomic E-state index is 12.3. The molecule has 0 unspecified atom stereocenters. The Labute approximate surface area is 145 Å². The van der Waals surface area contributed by atoms with Crippen LogP contribution in [-0.2, 0) is 4.79 Å². The molecule has 0 bridgehead atoms. The molecule has 0 radical (unpaired) electrons. The van der Waals surface area contributed by atoms with Crippen molar-refractivity contribution in [1.29, 1.82) is 0 Å². The van der Waals surface area contributed by atoms with E-state index in [1.54, 1.807) is 6.92 Å². The van der Waals surface area contributed by atoms with E-state index in [-0.39, 0.29) is 5.91 Å². The molecule has 3 nitrogen and oxygen atoms in total. The molecule has 0 saturated heterocycles. The Morgan fingerprint density at radius 1 is 1.14 bits per heavy atom. The molecule has 4 heteroatoms. The van der Waals surface area contributed by atoms with Crippen LogP contribution in [0.4, 0.5) is 5.69 Å². The summed E-state index contributed by atoms with van der Waals surface area (Å²) >= 11 is 2.25. The molecule has 22 heavy (non-hydrogen) atoms. The summed E-state index contributed by atoms with van der Waals surface area (Å²) < 4.78 is 6.96. The number of carbonyl (C=O) groups is 1. The number of amides is 1. The number of hydrogen-bond acceptors (Lipinski definition) is 2. The van der Waals surface area contributed by atoms with E-state index in [0.717, 1.165) is 31.7 Å². The fraction of sp³-hybridized carbons (Fsp3) is 0.278. The zero-order valence-electron chi connectivity index (χ0n) is 13.2. The summed E-state index contributed by atoms with van der Waals surface area (Å²) in [6, 6.07) is 11.8. The first-order valence-electron chi connectivity index (χ1n) is 7.18. The van der Waals surface area contributed by atoms with Gasteiger partial charge in [0.25, 0.3) is 5.91 Å². The fourth-order valence-corrected chi connectivity index (χ4v) is 2.74. The Morgan fingerprint density at radius 3 is 2.55 bits per heavy atom. The second kappa shape index (κ2) is 7.13. The Morgan fingerprint density at radius 2 is 1.86 bits per heavy atom. The van der Waals surface area contributed by atoms with Crippen LogP contribution in [0.3, 0.4) is 0 Å². The van der Waals surface area contributed by atoms with Crippen LogP contribution in [0, 0.1) is 24.3 Å². The number of aryl methyl sites for hydroxylation is 2. The van der Waals surface area contributed by atoms with Crippen molar-refractivity contribution in [2.45, 2.75) is 33.8 Å². The van der Waals surface area contributed by atoms with Gasteiger partial charge in [-0.2, -0.15) is 0 Å². The van der Waals surface area contributed by atoms with Gasteiger partial charge in [-0.1, -0.05) is 12.1 Å². The zero-order chi connectivity index (χ0) is 16.3. The van der Waals surface area contributed by atoms with E-state index < -0.39 is 6.10 Å². The van der Waals surface area contributed by atoms with Gasteiger partial charge in [0.2, 0.25) is 0 Å². The molecule has 2 rings (SSSR count). The van der Waals surface area contributed by atoms with Gasteiger partial charge in [0.05, 0.1) is 0 Å². The molecule has 0 saturated carbocycles. The molecular weight excluding hydrogens is 389 g/mol. The first kappa shape index (κ1) is 16.8. The number of nitrogens with one attached hydrogen (secondary N) is 1. The van der Waals surface area contributed by atoms with Gasteiger partial charge in [-0.3, -0.25) is 4.79 Å². The van der Waals surface area contributed by atoms with Crippen molar-refractivity contribution in [1.82, 2.24) is 0 Å². The number of anilines is 1. The van der Waals surface area contributed by atoms with Crippen molar-refractivity contribution in [3.8, 4) is 5.75 Å². The van der Waals surface area contributed by atoms with E-state index in [9.17, 15) is 4.79 Å². The lowest BCUT2D eigenvalue weighted by Crippen LogP contribution is -2.30. The summed E-state index contributed by atoms with van der Waals surface area (Å²) in [5.41, 5.74) is 4.08. The first-order valence-corrected chi connectivity index (χ1v) is 8.26. The van der Waals surface area contributed by atoms with Crippen LogP contribution in [0.5, 0.6) is 5.75 Å². The molecule has 1 atom stereocenters. The van der Waals surface area contributed by atoms with Crippen LogP contribution in [0.15, 0.2) is 36.4 Å². The number of carbonyl (C=O) groups excluding carboxylic acids is 1. The van der Waals surface area contributed by atoms with Gasteiger partial charge in [0.15, 0.2) is 6.10 Å². The lowest BCUT2D eigenvalue weighted by Gasteiger charge is -2.18. The minimum Gasteiger partial charge on any atom is -0.481 e. The molecule has 116 valence electrons. The maximum atomic E-state index is 12.3. The number of benzene rings is 2. The van der Waals surface area contributed by atoms with Crippen LogP contribution in [0.25, 0.3) is 0 Å². The largest absolute Gasteiger partial charge is 0.481 e. The van der Waals surface area contributed by atoms with E-state index in [0.29, 0.717) is 0 Å². The highest BCUT2D eigenvalue weighted by Crippen LogP contribution is 2.23. The summed E-state index contributed by atoms with van der Waals surface area (Å²) in [4.78, 5) is 12.3. The lowest BCUT2D eigenvalue weighted by atomic mass is 10.1. The smallest absolute Gasteiger partial charge is 0.265 e. The summed E-state index contributed by atoms with van der Waals surface area (Å²) in [5.74, 6) is 0.604. The lowest BCUT2D eigenvalue weighted by molar-refractivity contribution is -0.122. The van der Waals surface area contributed by atoms with E-state index in [1.165, 1.54) is 0 Å².